The largest absolute Gasteiger partial charge is 0.508 e. The molecule has 1 aliphatic rings. The van der Waals surface area contributed by atoms with Crippen LogP contribution in [0.1, 0.15) is 38.7 Å². The summed E-state index contributed by atoms with van der Waals surface area (Å²) in [6.45, 7) is 6.25. The van der Waals surface area contributed by atoms with E-state index in [9.17, 15) is 9.90 Å². The molecule has 0 saturated carbocycles. The molecule has 1 unspecified atom stereocenters. The first kappa shape index (κ1) is 14.9. The van der Waals surface area contributed by atoms with Gasteiger partial charge in [0.05, 0.1) is 6.42 Å². The van der Waals surface area contributed by atoms with Crippen LogP contribution in [0.4, 0.5) is 0 Å². The number of phenolic OH excluding ortho intramolecular Hbond substituents is 1. The number of aromatic hydroxyl groups is 1. The van der Waals surface area contributed by atoms with Crippen LogP contribution in [0.15, 0.2) is 24.3 Å². The fourth-order valence-electron chi connectivity index (χ4n) is 2.97. The topological polar surface area (TPSA) is 40.5 Å². The van der Waals surface area contributed by atoms with Crippen molar-refractivity contribution in [2.45, 2.75) is 39.5 Å². The monoisotopic (exact) mass is 275 g/mol. The summed E-state index contributed by atoms with van der Waals surface area (Å²) in [6, 6.07) is 7.10. The highest BCUT2D eigenvalue weighted by Crippen LogP contribution is 2.25. The van der Waals surface area contributed by atoms with Gasteiger partial charge in [-0.1, -0.05) is 32.0 Å². The van der Waals surface area contributed by atoms with E-state index >= 15 is 0 Å². The zero-order chi connectivity index (χ0) is 14.5. The Hall–Kier alpha value is -1.51. The van der Waals surface area contributed by atoms with Gasteiger partial charge in [-0.05, 0) is 37.2 Å². The Labute approximate surface area is 121 Å². The lowest BCUT2D eigenvalue weighted by Crippen LogP contribution is -2.33. The number of hydrogen-bond acceptors (Lipinski definition) is 2. The van der Waals surface area contributed by atoms with Crippen molar-refractivity contribution in [1.29, 1.82) is 0 Å². The van der Waals surface area contributed by atoms with Crippen molar-refractivity contribution in [3.8, 4) is 5.75 Å². The number of nitrogens with zero attached hydrogens (tertiary/aromatic N) is 1. The normalized spacial score (nSPS) is 19.9. The molecule has 1 fully saturated rings. The van der Waals surface area contributed by atoms with Crippen molar-refractivity contribution in [3.63, 3.8) is 0 Å². The molecule has 3 heteroatoms. The number of likely N-dealkylation sites (tertiary alicyclic amines) is 1. The summed E-state index contributed by atoms with van der Waals surface area (Å²) in [5.41, 5.74) is 0.724. The highest BCUT2D eigenvalue weighted by molar-refractivity contribution is 5.79. The SMILES string of the molecule is CC(C)C1CCCN(C(=O)Cc2ccccc2O)CC1. The number of rotatable bonds is 3. The molecule has 1 atom stereocenters. The molecule has 1 saturated heterocycles. The lowest BCUT2D eigenvalue weighted by Gasteiger charge is -2.22. The predicted octanol–water partition coefficient (Wildman–Crippen LogP) is 3.22. The Bertz CT molecular complexity index is 456. The molecule has 0 aromatic heterocycles. The molecule has 0 aliphatic carbocycles. The molecule has 1 aliphatic heterocycles. The van der Waals surface area contributed by atoms with Gasteiger partial charge < -0.3 is 10.0 Å². The van der Waals surface area contributed by atoms with Crippen molar-refractivity contribution < 1.29 is 9.90 Å². The van der Waals surface area contributed by atoms with Gasteiger partial charge in [-0.2, -0.15) is 0 Å². The van der Waals surface area contributed by atoms with Crippen molar-refractivity contribution in [2.75, 3.05) is 13.1 Å². The van der Waals surface area contributed by atoms with Gasteiger partial charge in [0.2, 0.25) is 5.91 Å². The average molecular weight is 275 g/mol. The van der Waals surface area contributed by atoms with Gasteiger partial charge in [0.15, 0.2) is 0 Å². The second-order valence-electron chi connectivity index (χ2n) is 6.12. The lowest BCUT2D eigenvalue weighted by molar-refractivity contribution is -0.130. The molecule has 0 spiro atoms. The molecule has 2 rings (SSSR count). The first-order valence-electron chi connectivity index (χ1n) is 7.62. The van der Waals surface area contributed by atoms with Crippen LogP contribution in [0.2, 0.25) is 0 Å². The van der Waals surface area contributed by atoms with Crippen LogP contribution in [-0.4, -0.2) is 29.0 Å². The zero-order valence-electron chi connectivity index (χ0n) is 12.5. The third kappa shape index (κ3) is 3.75. The Balaban J connectivity index is 1.94. The lowest BCUT2D eigenvalue weighted by atomic mass is 9.89. The first-order chi connectivity index (χ1) is 9.58. The van der Waals surface area contributed by atoms with Crippen molar-refractivity contribution in [1.82, 2.24) is 4.90 Å². The van der Waals surface area contributed by atoms with Gasteiger partial charge in [0.25, 0.3) is 0 Å². The zero-order valence-corrected chi connectivity index (χ0v) is 12.5. The number of para-hydroxylation sites is 1. The smallest absolute Gasteiger partial charge is 0.227 e. The van der Waals surface area contributed by atoms with Crippen LogP contribution >= 0.6 is 0 Å². The van der Waals surface area contributed by atoms with E-state index in [1.165, 1.54) is 6.42 Å². The van der Waals surface area contributed by atoms with Crippen LogP contribution < -0.4 is 0 Å². The summed E-state index contributed by atoms with van der Waals surface area (Å²) in [4.78, 5) is 14.3. The standard InChI is InChI=1S/C17H25NO2/c1-13(2)14-7-5-10-18(11-9-14)17(20)12-15-6-3-4-8-16(15)19/h3-4,6,8,13-14,19H,5,7,9-12H2,1-2H3. The fraction of sp³-hybridized carbons (Fsp3) is 0.588. The molecular weight excluding hydrogens is 250 g/mol. The summed E-state index contributed by atoms with van der Waals surface area (Å²) in [7, 11) is 0. The summed E-state index contributed by atoms with van der Waals surface area (Å²) in [6.07, 6.45) is 3.72. The number of carbonyl (C=O) groups excluding carboxylic acids is 1. The van der Waals surface area contributed by atoms with Gasteiger partial charge in [0.1, 0.15) is 5.75 Å². The minimum Gasteiger partial charge on any atom is -0.508 e. The molecular formula is C17H25NO2. The van der Waals surface area contributed by atoms with E-state index in [-0.39, 0.29) is 11.7 Å². The number of amides is 1. The van der Waals surface area contributed by atoms with E-state index in [1.807, 2.05) is 17.0 Å². The molecule has 0 radical (unpaired) electrons. The highest BCUT2D eigenvalue weighted by atomic mass is 16.3. The summed E-state index contributed by atoms with van der Waals surface area (Å²) in [5.74, 6) is 1.78. The van der Waals surface area contributed by atoms with E-state index < -0.39 is 0 Å². The Morgan fingerprint density at radius 3 is 2.75 bits per heavy atom. The fourth-order valence-corrected chi connectivity index (χ4v) is 2.97. The van der Waals surface area contributed by atoms with Crippen molar-refractivity contribution in [2.24, 2.45) is 11.8 Å². The number of hydrogen-bond donors (Lipinski definition) is 1. The number of benzene rings is 1. The molecule has 1 amide bonds. The molecule has 1 N–H and O–H groups in total. The molecule has 110 valence electrons. The Morgan fingerprint density at radius 1 is 1.30 bits per heavy atom. The maximum absolute atomic E-state index is 12.4. The minimum absolute atomic E-state index is 0.135. The third-order valence-electron chi connectivity index (χ3n) is 4.40. The molecule has 1 heterocycles. The molecule has 3 nitrogen and oxygen atoms in total. The first-order valence-corrected chi connectivity index (χ1v) is 7.62. The van der Waals surface area contributed by atoms with Crippen LogP contribution in [0, 0.1) is 11.8 Å². The van der Waals surface area contributed by atoms with Gasteiger partial charge in [0, 0.05) is 18.7 Å². The Kier molecular flexibility index (Phi) is 5.05. The molecule has 1 aromatic carbocycles. The maximum Gasteiger partial charge on any atom is 0.227 e. The number of phenols is 1. The van der Waals surface area contributed by atoms with E-state index in [0.29, 0.717) is 12.3 Å². The summed E-state index contributed by atoms with van der Waals surface area (Å²) in [5, 5.41) is 9.76. The van der Waals surface area contributed by atoms with Crippen molar-refractivity contribution in [3.05, 3.63) is 29.8 Å². The maximum atomic E-state index is 12.4. The van der Waals surface area contributed by atoms with E-state index in [0.717, 1.165) is 37.4 Å². The third-order valence-corrected chi connectivity index (χ3v) is 4.40. The second-order valence-corrected chi connectivity index (χ2v) is 6.12. The van der Waals surface area contributed by atoms with Gasteiger partial charge in [-0.15, -0.1) is 0 Å². The summed E-state index contributed by atoms with van der Waals surface area (Å²) < 4.78 is 0. The van der Waals surface area contributed by atoms with Crippen LogP contribution in [0.5, 0.6) is 5.75 Å². The van der Waals surface area contributed by atoms with Gasteiger partial charge >= 0.3 is 0 Å². The number of carbonyl (C=O) groups is 1. The van der Waals surface area contributed by atoms with Crippen molar-refractivity contribution >= 4 is 5.91 Å². The predicted molar refractivity (Wildman–Crippen MR) is 80.6 cm³/mol. The Morgan fingerprint density at radius 2 is 2.05 bits per heavy atom. The minimum atomic E-state index is 0.135. The van der Waals surface area contributed by atoms with E-state index in [2.05, 4.69) is 13.8 Å². The van der Waals surface area contributed by atoms with E-state index in [4.69, 9.17) is 0 Å². The van der Waals surface area contributed by atoms with E-state index in [1.54, 1.807) is 12.1 Å². The molecule has 0 bridgehead atoms. The molecule has 1 aromatic rings. The van der Waals surface area contributed by atoms with Crippen LogP contribution in [0.3, 0.4) is 0 Å². The van der Waals surface area contributed by atoms with Crippen LogP contribution in [0.25, 0.3) is 0 Å². The van der Waals surface area contributed by atoms with Gasteiger partial charge in [-0.25, -0.2) is 0 Å². The second kappa shape index (κ2) is 6.78. The van der Waals surface area contributed by atoms with Gasteiger partial charge in [-0.3, -0.25) is 4.79 Å². The average Bonchev–Trinajstić information content (AvgIpc) is 2.67. The summed E-state index contributed by atoms with van der Waals surface area (Å²) >= 11 is 0. The van der Waals surface area contributed by atoms with Crippen LogP contribution in [-0.2, 0) is 11.2 Å². The highest BCUT2D eigenvalue weighted by Gasteiger charge is 2.22. The quantitative estimate of drug-likeness (QED) is 0.920. The molecule has 20 heavy (non-hydrogen) atoms.